The zero-order valence-corrected chi connectivity index (χ0v) is 16.3. The monoisotopic (exact) mass is 395 g/mol. The molecule has 0 radical (unpaired) electrons. The van der Waals surface area contributed by atoms with E-state index in [1.807, 2.05) is 0 Å². The van der Waals surface area contributed by atoms with Crippen LogP contribution < -0.4 is 15.4 Å². The predicted molar refractivity (Wildman–Crippen MR) is 107 cm³/mol. The summed E-state index contributed by atoms with van der Waals surface area (Å²) in [6.45, 7) is 3.08. The molecule has 1 fully saturated rings. The highest BCUT2D eigenvalue weighted by molar-refractivity contribution is 6.15. The van der Waals surface area contributed by atoms with Crippen molar-refractivity contribution in [2.75, 3.05) is 19.0 Å². The Bertz CT molecular complexity index is 988. The minimum atomic E-state index is -0.668. The van der Waals surface area contributed by atoms with E-state index >= 15 is 0 Å². The van der Waals surface area contributed by atoms with Gasteiger partial charge in [0.2, 0.25) is 5.91 Å². The van der Waals surface area contributed by atoms with Crippen molar-refractivity contribution in [1.29, 1.82) is 0 Å². The first-order chi connectivity index (χ1) is 13.8. The molecule has 150 valence electrons. The van der Waals surface area contributed by atoms with Crippen LogP contribution in [0.5, 0.6) is 11.5 Å². The molecule has 8 nitrogen and oxygen atoms in total. The van der Waals surface area contributed by atoms with Crippen LogP contribution in [0.1, 0.15) is 16.7 Å². The van der Waals surface area contributed by atoms with E-state index in [9.17, 15) is 19.5 Å². The number of benzene rings is 2. The number of nitrogens with zero attached hydrogens (tertiary/aromatic N) is 1. The third kappa shape index (κ3) is 4.37. The molecule has 2 aromatic rings. The first kappa shape index (κ1) is 19.9. The molecule has 8 heteroatoms. The number of carbonyl (C=O) groups excluding carboxylic acids is 3. The second-order valence-electron chi connectivity index (χ2n) is 6.66. The number of phenolic OH excluding ortho intramolecular Hbond substituents is 1. The molecular formula is C21H21N3O5. The third-order valence-electron chi connectivity index (χ3n) is 4.46. The molecule has 0 unspecified atom stereocenters. The standard InChI is InChI=1S/C21H21N3O5/c1-12-8-14(9-13(2)19(12)26)10-17-20(27)24(21(28)23-17)11-18(25)22-15-4-6-16(29-3)7-5-15/h4-10,26H,11H2,1-3H3,(H,22,25)(H,23,28)/b17-10-. The number of urea groups is 1. The number of rotatable bonds is 5. The van der Waals surface area contributed by atoms with E-state index < -0.39 is 24.4 Å². The van der Waals surface area contributed by atoms with Gasteiger partial charge >= 0.3 is 6.03 Å². The highest BCUT2D eigenvalue weighted by atomic mass is 16.5. The van der Waals surface area contributed by atoms with E-state index in [2.05, 4.69) is 10.6 Å². The number of anilines is 1. The fourth-order valence-electron chi connectivity index (χ4n) is 2.97. The number of phenols is 1. The number of nitrogens with one attached hydrogen (secondary N) is 2. The van der Waals surface area contributed by atoms with Gasteiger partial charge in [-0.3, -0.25) is 9.59 Å². The molecule has 0 aromatic heterocycles. The molecule has 3 rings (SSSR count). The van der Waals surface area contributed by atoms with Gasteiger partial charge in [0.1, 0.15) is 23.7 Å². The highest BCUT2D eigenvalue weighted by Gasteiger charge is 2.34. The Kier molecular flexibility index (Phi) is 5.54. The molecule has 3 N–H and O–H groups in total. The lowest BCUT2D eigenvalue weighted by atomic mass is 10.0. The van der Waals surface area contributed by atoms with Gasteiger partial charge in [-0.25, -0.2) is 9.69 Å². The van der Waals surface area contributed by atoms with Crippen molar-refractivity contribution in [3.63, 3.8) is 0 Å². The van der Waals surface area contributed by atoms with Gasteiger partial charge in [-0.2, -0.15) is 0 Å². The van der Waals surface area contributed by atoms with Crippen LogP contribution in [0.4, 0.5) is 10.5 Å². The minimum absolute atomic E-state index is 0.0664. The molecule has 29 heavy (non-hydrogen) atoms. The first-order valence-electron chi connectivity index (χ1n) is 8.87. The molecule has 1 aliphatic heterocycles. The van der Waals surface area contributed by atoms with Crippen molar-refractivity contribution in [3.05, 3.63) is 58.8 Å². The lowest BCUT2D eigenvalue weighted by molar-refractivity contribution is -0.127. The quantitative estimate of drug-likeness (QED) is 0.533. The van der Waals surface area contributed by atoms with Gasteiger partial charge in [-0.1, -0.05) is 0 Å². The molecule has 0 saturated carbocycles. The summed E-state index contributed by atoms with van der Waals surface area (Å²) in [5.41, 5.74) is 2.56. The summed E-state index contributed by atoms with van der Waals surface area (Å²) in [7, 11) is 1.54. The molecule has 1 aliphatic rings. The summed E-state index contributed by atoms with van der Waals surface area (Å²) >= 11 is 0. The summed E-state index contributed by atoms with van der Waals surface area (Å²) in [4.78, 5) is 37.8. The number of ether oxygens (including phenoxy) is 1. The Hall–Kier alpha value is -3.81. The number of aryl methyl sites for hydroxylation is 2. The van der Waals surface area contributed by atoms with Crippen LogP contribution in [-0.4, -0.2) is 41.5 Å². The highest BCUT2D eigenvalue weighted by Crippen LogP contribution is 2.25. The molecule has 0 spiro atoms. The lowest BCUT2D eigenvalue weighted by Gasteiger charge is -2.12. The summed E-state index contributed by atoms with van der Waals surface area (Å²) < 4.78 is 5.05. The van der Waals surface area contributed by atoms with E-state index in [0.717, 1.165) is 4.90 Å². The number of aromatic hydroxyl groups is 1. The van der Waals surface area contributed by atoms with Crippen molar-refractivity contribution in [2.45, 2.75) is 13.8 Å². The topological polar surface area (TPSA) is 108 Å². The minimum Gasteiger partial charge on any atom is -0.507 e. The largest absolute Gasteiger partial charge is 0.507 e. The summed E-state index contributed by atoms with van der Waals surface area (Å²) in [6.07, 6.45) is 1.51. The van der Waals surface area contributed by atoms with E-state index in [-0.39, 0.29) is 11.4 Å². The van der Waals surface area contributed by atoms with Crippen LogP contribution in [0.2, 0.25) is 0 Å². The second-order valence-corrected chi connectivity index (χ2v) is 6.66. The fourth-order valence-corrected chi connectivity index (χ4v) is 2.97. The maximum Gasteiger partial charge on any atom is 0.329 e. The fraction of sp³-hybridized carbons (Fsp3) is 0.190. The molecule has 1 heterocycles. The van der Waals surface area contributed by atoms with Gasteiger partial charge in [-0.05, 0) is 73.0 Å². The van der Waals surface area contributed by atoms with Crippen molar-refractivity contribution in [2.24, 2.45) is 0 Å². The normalized spacial score (nSPS) is 14.9. The SMILES string of the molecule is COc1ccc(NC(=O)CN2C(=O)N/C(=C\c3cc(C)c(O)c(C)c3)C2=O)cc1. The van der Waals surface area contributed by atoms with Gasteiger partial charge in [0, 0.05) is 5.69 Å². The Balaban J connectivity index is 1.70. The smallest absolute Gasteiger partial charge is 0.329 e. The third-order valence-corrected chi connectivity index (χ3v) is 4.46. The first-order valence-corrected chi connectivity index (χ1v) is 8.87. The number of hydrogen-bond acceptors (Lipinski definition) is 5. The molecular weight excluding hydrogens is 374 g/mol. The zero-order valence-electron chi connectivity index (χ0n) is 16.3. The number of carbonyl (C=O) groups is 3. The van der Waals surface area contributed by atoms with Crippen molar-refractivity contribution in [3.8, 4) is 11.5 Å². The van der Waals surface area contributed by atoms with E-state index in [0.29, 0.717) is 28.1 Å². The van der Waals surface area contributed by atoms with Crippen LogP contribution in [0.25, 0.3) is 6.08 Å². The lowest BCUT2D eigenvalue weighted by Crippen LogP contribution is -2.38. The number of methoxy groups -OCH3 is 1. The molecule has 2 aromatic carbocycles. The van der Waals surface area contributed by atoms with Crippen LogP contribution in [0.15, 0.2) is 42.1 Å². The Morgan fingerprint density at radius 1 is 1.17 bits per heavy atom. The van der Waals surface area contributed by atoms with Crippen LogP contribution in [0, 0.1) is 13.8 Å². The molecule has 4 amide bonds. The summed E-state index contributed by atoms with van der Waals surface area (Å²) in [5, 5.41) is 15.0. The van der Waals surface area contributed by atoms with Gasteiger partial charge in [0.15, 0.2) is 0 Å². The van der Waals surface area contributed by atoms with Crippen LogP contribution >= 0.6 is 0 Å². The van der Waals surface area contributed by atoms with Crippen molar-refractivity contribution in [1.82, 2.24) is 10.2 Å². The van der Waals surface area contributed by atoms with Crippen LogP contribution in [0.3, 0.4) is 0 Å². The Morgan fingerprint density at radius 3 is 2.38 bits per heavy atom. The molecule has 0 atom stereocenters. The van der Waals surface area contributed by atoms with Crippen LogP contribution in [-0.2, 0) is 9.59 Å². The van der Waals surface area contributed by atoms with Gasteiger partial charge in [0.25, 0.3) is 5.91 Å². The van der Waals surface area contributed by atoms with E-state index in [4.69, 9.17) is 4.74 Å². The maximum atomic E-state index is 12.6. The van der Waals surface area contributed by atoms with E-state index in [1.54, 1.807) is 50.2 Å². The average molecular weight is 395 g/mol. The Labute approximate surface area is 167 Å². The molecule has 0 aliphatic carbocycles. The number of amides is 4. The second kappa shape index (κ2) is 8.05. The van der Waals surface area contributed by atoms with E-state index in [1.165, 1.54) is 13.2 Å². The van der Waals surface area contributed by atoms with Crippen molar-refractivity contribution >= 4 is 29.6 Å². The summed E-state index contributed by atoms with van der Waals surface area (Å²) in [6, 6.07) is 9.42. The average Bonchev–Trinajstić information content (AvgIpc) is 2.94. The maximum absolute atomic E-state index is 12.6. The van der Waals surface area contributed by atoms with Gasteiger partial charge < -0.3 is 20.5 Å². The van der Waals surface area contributed by atoms with Crippen molar-refractivity contribution < 1.29 is 24.2 Å². The van der Waals surface area contributed by atoms with Gasteiger partial charge in [0.05, 0.1) is 7.11 Å². The van der Waals surface area contributed by atoms with Gasteiger partial charge in [-0.15, -0.1) is 0 Å². The zero-order chi connectivity index (χ0) is 21.1. The Morgan fingerprint density at radius 2 is 1.79 bits per heavy atom. The number of hydrogen-bond donors (Lipinski definition) is 3. The summed E-state index contributed by atoms with van der Waals surface area (Å²) in [5.74, 6) is -0.267. The predicted octanol–water partition coefficient (Wildman–Crippen LogP) is 2.55. The molecule has 1 saturated heterocycles. The molecule has 0 bridgehead atoms. The number of imide groups is 1.